The van der Waals surface area contributed by atoms with Gasteiger partial charge in [0.2, 0.25) is 5.91 Å². The average Bonchev–Trinajstić information content (AvgIpc) is 2.85. The van der Waals surface area contributed by atoms with Crippen LogP contribution >= 0.6 is 11.8 Å². The largest absolute Gasteiger partial charge is 0.493 e. The van der Waals surface area contributed by atoms with E-state index in [0.717, 1.165) is 21.8 Å². The molecule has 1 aliphatic heterocycles. The van der Waals surface area contributed by atoms with Crippen LogP contribution in [-0.2, 0) is 17.9 Å². The number of pyridine rings is 1. The minimum Gasteiger partial charge on any atom is -0.493 e. The summed E-state index contributed by atoms with van der Waals surface area (Å²) < 4.78 is 10.9. The standard InChI is InChI=1S/C25H25N3O4S/c1-3-32-21-11-8-18(13-22(21)31-2)14-27-24(30)19-9-6-17(7-10-19)15-28-20-5-4-12-26-25(20)33-16-23(28)29/h4-13H,3,14-16H2,1-2H3,(H,27,30). The summed E-state index contributed by atoms with van der Waals surface area (Å²) in [4.78, 5) is 31.2. The van der Waals surface area contributed by atoms with Gasteiger partial charge >= 0.3 is 0 Å². The van der Waals surface area contributed by atoms with Gasteiger partial charge in [0.15, 0.2) is 11.5 Å². The van der Waals surface area contributed by atoms with E-state index in [2.05, 4.69) is 10.3 Å². The molecule has 0 saturated heterocycles. The molecular weight excluding hydrogens is 438 g/mol. The Balaban J connectivity index is 1.38. The van der Waals surface area contributed by atoms with Crippen molar-refractivity contribution in [3.8, 4) is 11.5 Å². The second-order valence-corrected chi connectivity index (χ2v) is 8.36. The number of nitrogens with one attached hydrogen (secondary N) is 1. The fourth-order valence-corrected chi connectivity index (χ4v) is 4.42. The van der Waals surface area contributed by atoms with Gasteiger partial charge in [-0.25, -0.2) is 4.98 Å². The van der Waals surface area contributed by atoms with Crippen molar-refractivity contribution in [1.29, 1.82) is 0 Å². The minimum atomic E-state index is -0.172. The Morgan fingerprint density at radius 2 is 1.91 bits per heavy atom. The number of methoxy groups -OCH3 is 1. The molecule has 2 aromatic carbocycles. The average molecular weight is 464 g/mol. The Kier molecular flexibility index (Phi) is 7.14. The van der Waals surface area contributed by atoms with E-state index in [1.54, 1.807) is 30.3 Å². The summed E-state index contributed by atoms with van der Waals surface area (Å²) in [5, 5.41) is 3.79. The SMILES string of the molecule is CCOc1ccc(CNC(=O)c2ccc(CN3C(=O)CSc4ncccc43)cc2)cc1OC. The number of benzene rings is 2. The Bertz CT molecular complexity index is 1150. The molecule has 1 aliphatic rings. The van der Waals surface area contributed by atoms with Gasteiger partial charge in [0.1, 0.15) is 5.03 Å². The molecule has 0 unspecified atom stereocenters. The van der Waals surface area contributed by atoms with Crippen molar-refractivity contribution in [3.63, 3.8) is 0 Å². The van der Waals surface area contributed by atoms with Crippen LogP contribution in [0.4, 0.5) is 5.69 Å². The number of rotatable bonds is 8. The van der Waals surface area contributed by atoms with Crippen LogP contribution in [0, 0.1) is 0 Å². The lowest BCUT2D eigenvalue weighted by atomic mass is 10.1. The molecule has 8 heteroatoms. The van der Waals surface area contributed by atoms with E-state index in [4.69, 9.17) is 9.47 Å². The lowest BCUT2D eigenvalue weighted by Gasteiger charge is -2.28. The van der Waals surface area contributed by atoms with E-state index in [0.29, 0.717) is 42.5 Å². The maximum absolute atomic E-state index is 12.6. The summed E-state index contributed by atoms with van der Waals surface area (Å²) in [6, 6.07) is 16.6. The number of ether oxygens (including phenoxy) is 2. The first-order chi connectivity index (χ1) is 16.1. The molecule has 0 atom stereocenters. The fraction of sp³-hybridized carbons (Fsp3) is 0.240. The molecule has 0 bridgehead atoms. The highest BCUT2D eigenvalue weighted by atomic mass is 32.2. The third-order valence-electron chi connectivity index (χ3n) is 5.21. The third-order valence-corrected chi connectivity index (χ3v) is 6.19. The summed E-state index contributed by atoms with van der Waals surface area (Å²) in [5.74, 6) is 1.56. The molecule has 1 aromatic heterocycles. The molecule has 1 N–H and O–H groups in total. The van der Waals surface area contributed by atoms with Crippen LogP contribution in [0.1, 0.15) is 28.4 Å². The van der Waals surface area contributed by atoms with Gasteiger partial charge in [-0.05, 0) is 54.4 Å². The normalized spacial score (nSPS) is 12.8. The van der Waals surface area contributed by atoms with Gasteiger partial charge in [-0.15, -0.1) is 0 Å². The van der Waals surface area contributed by atoms with Crippen molar-refractivity contribution in [2.45, 2.75) is 25.0 Å². The lowest BCUT2D eigenvalue weighted by Crippen LogP contribution is -2.35. The van der Waals surface area contributed by atoms with E-state index in [1.807, 2.05) is 49.4 Å². The number of amides is 2. The zero-order valence-electron chi connectivity index (χ0n) is 18.5. The van der Waals surface area contributed by atoms with Crippen LogP contribution in [-0.4, -0.2) is 36.3 Å². The number of carbonyl (C=O) groups excluding carboxylic acids is 2. The maximum Gasteiger partial charge on any atom is 0.251 e. The smallest absolute Gasteiger partial charge is 0.251 e. The first kappa shape index (κ1) is 22.7. The fourth-order valence-electron chi connectivity index (χ4n) is 3.54. The van der Waals surface area contributed by atoms with E-state index < -0.39 is 0 Å². The van der Waals surface area contributed by atoms with Gasteiger partial charge in [-0.1, -0.05) is 30.0 Å². The van der Waals surface area contributed by atoms with Gasteiger partial charge in [-0.2, -0.15) is 0 Å². The molecule has 0 fully saturated rings. The predicted octanol–water partition coefficient (Wildman–Crippen LogP) is 4.06. The van der Waals surface area contributed by atoms with E-state index >= 15 is 0 Å². The van der Waals surface area contributed by atoms with E-state index in [1.165, 1.54) is 11.8 Å². The van der Waals surface area contributed by atoms with Crippen molar-refractivity contribution in [2.24, 2.45) is 0 Å². The predicted molar refractivity (Wildman–Crippen MR) is 128 cm³/mol. The lowest BCUT2D eigenvalue weighted by molar-refractivity contribution is -0.116. The van der Waals surface area contributed by atoms with E-state index in [9.17, 15) is 9.59 Å². The summed E-state index contributed by atoms with van der Waals surface area (Å²) in [7, 11) is 1.59. The summed E-state index contributed by atoms with van der Waals surface area (Å²) >= 11 is 1.46. The van der Waals surface area contributed by atoms with Gasteiger partial charge < -0.3 is 19.7 Å². The Morgan fingerprint density at radius 1 is 1.12 bits per heavy atom. The highest BCUT2D eigenvalue weighted by molar-refractivity contribution is 8.00. The minimum absolute atomic E-state index is 0.0492. The Morgan fingerprint density at radius 3 is 2.67 bits per heavy atom. The highest BCUT2D eigenvalue weighted by Crippen LogP contribution is 2.34. The molecule has 33 heavy (non-hydrogen) atoms. The molecule has 0 radical (unpaired) electrons. The molecule has 0 spiro atoms. The van der Waals surface area contributed by atoms with Crippen LogP contribution in [0.15, 0.2) is 65.8 Å². The first-order valence-corrected chi connectivity index (χ1v) is 11.6. The van der Waals surface area contributed by atoms with Gasteiger partial charge in [0.25, 0.3) is 5.91 Å². The van der Waals surface area contributed by atoms with E-state index in [-0.39, 0.29) is 11.8 Å². The van der Waals surface area contributed by atoms with Crippen molar-refractivity contribution >= 4 is 29.3 Å². The second kappa shape index (κ2) is 10.4. The molecule has 0 saturated carbocycles. The molecule has 2 amide bonds. The number of nitrogens with zero attached hydrogens (tertiary/aromatic N) is 2. The van der Waals surface area contributed by atoms with Crippen LogP contribution in [0.5, 0.6) is 11.5 Å². The second-order valence-electron chi connectivity index (χ2n) is 7.39. The molecule has 170 valence electrons. The maximum atomic E-state index is 12.6. The molecule has 3 aromatic rings. The number of fused-ring (bicyclic) bond motifs is 1. The number of hydrogen-bond acceptors (Lipinski definition) is 6. The summed E-state index contributed by atoms with van der Waals surface area (Å²) in [6.45, 7) is 3.27. The molecular formula is C25H25N3O4S. The molecule has 2 heterocycles. The quantitative estimate of drug-likeness (QED) is 0.543. The first-order valence-electron chi connectivity index (χ1n) is 10.6. The number of thioether (sulfide) groups is 1. The molecule has 0 aliphatic carbocycles. The van der Waals surface area contributed by atoms with Crippen molar-refractivity contribution < 1.29 is 19.1 Å². The summed E-state index contributed by atoms with van der Waals surface area (Å²) in [5.41, 5.74) is 3.23. The van der Waals surface area contributed by atoms with Crippen LogP contribution in [0.25, 0.3) is 0 Å². The zero-order chi connectivity index (χ0) is 23.2. The van der Waals surface area contributed by atoms with Crippen LogP contribution < -0.4 is 19.7 Å². The van der Waals surface area contributed by atoms with Gasteiger partial charge in [-0.3, -0.25) is 9.59 Å². The van der Waals surface area contributed by atoms with Crippen LogP contribution in [0.2, 0.25) is 0 Å². The zero-order valence-corrected chi connectivity index (χ0v) is 19.4. The molecule has 7 nitrogen and oxygen atoms in total. The Labute approximate surface area is 197 Å². The van der Waals surface area contributed by atoms with Crippen molar-refractivity contribution in [1.82, 2.24) is 10.3 Å². The monoisotopic (exact) mass is 463 g/mol. The topological polar surface area (TPSA) is 80.8 Å². The van der Waals surface area contributed by atoms with Crippen LogP contribution in [0.3, 0.4) is 0 Å². The van der Waals surface area contributed by atoms with Crippen molar-refractivity contribution in [2.75, 3.05) is 24.4 Å². The Hall–Kier alpha value is -3.52. The highest BCUT2D eigenvalue weighted by Gasteiger charge is 2.25. The van der Waals surface area contributed by atoms with Gasteiger partial charge in [0, 0.05) is 18.3 Å². The number of hydrogen-bond donors (Lipinski definition) is 1. The summed E-state index contributed by atoms with van der Waals surface area (Å²) in [6.07, 6.45) is 1.73. The molecule has 4 rings (SSSR count). The number of aromatic nitrogens is 1. The number of anilines is 1. The number of carbonyl (C=O) groups is 2. The van der Waals surface area contributed by atoms with Crippen molar-refractivity contribution in [3.05, 3.63) is 77.5 Å². The van der Waals surface area contributed by atoms with Gasteiger partial charge in [0.05, 0.1) is 31.7 Å². The third kappa shape index (κ3) is 5.28.